The summed E-state index contributed by atoms with van der Waals surface area (Å²) in [4.78, 5) is 0. The zero-order valence-electron chi connectivity index (χ0n) is 20.0. The van der Waals surface area contributed by atoms with Gasteiger partial charge in [-0.1, -0.05) is 65.3 Å². The van der Waals surface area contributed by atoms with Crippen molar-refractivity contribution in [3.8, 4) is 0 Å². The predicted molar refractivity (Wildman–Crippen MR) is 124 cm³/mol. The van der Waals surface area contributed by atoms with Crippen LogP contribution < -0.4 is 0 Å². The fourth-order valence-corrected chi connectivity index (χ4v) is 8.32. The standard InChI is InChI=1S/C28H46O/c1-18(2)19(3)7-8-20(4)24-11-12-25-23-10-9-21-17-22(29)13-15-27(21,5)26(23)14-16-28(24,25)6/h7-8,17-20,22-26,29H,9-16H2,1-6H3/b8-7+/t19-,20+,22-,23-,24+,25-,26-,27-,28+/m0/s1. The van der Waals surface area contributed by atoms with Crippen molar-refractivity contribution < 1.29 is 5.11 Å². The molecule has 0 aromatic heterocycles. The molecular formula is C28H46O. The van der Waals surface area contributed by atoms with Crippen LogP contribution >= 0.6 is 0 Å². The minimum atomic E-state index is -0.180. The van der Waals surface area contributed by atoms with E-state index in [0.29, 0.717) is 22.7 Å². The molecule has 4 rings (SSSR count). The molecule has 0 aromatic carbocycles. The third-order valence-corrected chi connectivity index (χ3v) is 10.6. The summed E-state index contributed by atoms with van der Waals surface area (Å²) in [5.41, 5.74) is 2.52. The monoisotopic (exact) mass is 398 g/mol. The summed E-state index contributed by atoms with van der Waals surface area (Å²) in [5, 5.41) is 10.2. The van der Waals surface area contributed by atoms with E-state index in [1.807, 2.05) is 0 Å². The second kappa shape index (κ2) is 7.85. The maximum atomic E-state index is 10.2. The lowest BCUT2D eigenvalue weighted by Crippen LogP contribution is -2.51. The average molecular weight is 399 g/mol. The molecule has 0 bridgehead atoms. The fraction of sp³-hybridized carbons (Fsp3) is 0.857. The summed E-state index contributed by atoms with van der Waals surface area (Å²) < 4.78 is 0. The number of allylic oxidation sites excluding steroid dienone is 3. The Morgan fingerprint density at radius 1 is 0.931 bits per heavy atom. The molecule has 164 valence electrons. The first-order chi connectivity index (χ1) is 13.7. The Balaban J connectivity index is 1.52. The highest BCUT2D eigenvalue weighted by atomic mass is 16.3. The second-order valence-electron chi connectivity index (χ2n) is 12.2. The van der Waals surface area contributed by atoms with Crippen LogP contribution in [0.25, 0.3) is 0 Å². The summed E-state index contributed by atoms with van der Waals surface area (Å²) in [5.74, 6) is 5.70. The minimum absolute atomic E-state index is 0.180. The minimum Gasteiger partial charge on any atom is -0.389 e. The topological polar surface area (TPSA) is 20.2 Å². The van der Waals surface area contributed by atoms with Gasteiger partial charge in [-0.2, -0.15) is 0 Å². The highest BCUT2D eigenvalue weighted by Gasteiger charge is 2.59. The van der Waals surface area contributed by atoms with Gasteiger partial charge in [-0.3, -0.25) is 0 Å². The Hall–Kier alpha value is -0.560. The van der Waals surface area contributed by atoms with Gasteiger partial charge in [0.05, 0.1) is 6.10 Å². The van der Waals surface area contributed by atoms with Crippen molar-refractivity contribution >= 4 is 0 Å². The zero-order chi connectivity index (χ0) is 21.0. The van der Waals surface area contributed by atoms with E-state index in [-0.39, 0.29) is 6.10 Å². The molecule has 0 heterocycles. The molecule has 3 fully saturated rings. The number of fused-ring (bicyclic) bond motifs is 5. The zero-order valence-corrected chi connectivity index (χ0v) is 20.0. The lowest BCUT2D eigenvalue weighted by Gasteiger charge is -2.59. The largest absolute Gasteiger partial charge is 0.389 e. The van der Waals surface area contributed by atoms with Crippen LogP contribution in [0.1, 0.15) is 92.9 Å². The molecule has 4 aliphatic carbocycles. The van der Waals surface area contributed by atoms with Crippen molar-refractivity contribution in [2.75, 3.05) is 0 Å². The van der Waals surface area contributed by atoms with Gasteiger partial charge in [-0.05, 0) is 104 Å². The summed E-state index contributed by atoms with van der Waals surface area (Å²) in [6, 6.07) is 0. The van der Waals surface area contributed by atoms with Crippen LogP contribution in [0.15, 0.2) is 23.8 Å². The molecule has 0 unspecified atom stereocenters. The van der Waals surface area contributed by atoms with Crippen LogP contribution in [0.3, 0.4) is 0 Å². The van der Waals surface area contributed by atoms with Crippen LogP contribution in [-0.2, 0) is 0 Å². The van der Waals surface area contributed by atoms with Crippen LogP contribution in [-0.4, -0.2) is 11.2 Å². The van der Waals surface area contributed by atoms with E-state index >= 15 is 0 Å². The SMILES string of the molecule is CC(C)[C@@H](C)/C=C/[C@@H](C)[C@H]1CC[C@H]2[C@@H]3CCC4=C[C@@H](O)CC[C@]4(C)[C@H]3CC[C@]12C. The Bertz CT molecular complexity index is 659. The van der Waals surface area contributed by atoms with E-state index in [2.05, 4.69) is 59.8 Å². The van der Waals surface area contributed by atoms with Crippen LogP contribution in [0.2, 0.25) is 0 Å². The van der Waals surface area contributed by atoms with Gasteiger partial charge in [0.1, 0.15) is 0 Å². The summed E-state index contributed by atoms with van der Waals surface area (Å²) in [7, 11) is 0. The van der Waals surface area contributed by atoms with Gasteiger partial charge in [-0.15, -0.1) is 0 Å². The second-order valence-corrected chi connectivity index (χ2v) is 12.2. The van der Waals surface area contributed by atoms with Gasteiger partial charge in [0.2, 0.25) is 0 Å². The summed E-state index contributed by atoms with van der Waals surface area (Å²) in [6.07, 6.45) is 17.7. The molecule has 3 saturated carbocycles. The highest BCUT2D eigenvalue weighted by molar-refractivity contribution is 5.25. The van der Waals surface area contributed by atoms with Crippen molar-refractivity contribution in [1.29, 1.82) is 0 Å². The first kappa shape index (κ1) is 21.7. The van der Waals surface area contributed by atoms with Gasteiger partial charge >= 0.3 is 0 Å². The molecule has 1 heteroatoms. The molecule has 0 amide bonds. The van der Waals surface area contributed by atoms with Crippen molar-refractivity contribution in [2.45, 2.75) is 99.0 Å². The van der Waals surface area contributed by atoms with E-state index < -0.39 is 0 Å². The first-order valence-corrected chi connectivity index (χ1v) is 12.7. The molecule has 0 aromatic rings. The molecule has 1 nitrogen and oxygen atoms in total. The lowest BCUT2D eigenvalue weighted by molar-refractivity contribution is -0.0595. The third-order valence-electron chi connectivity index (χ3n) is 10.6. The molecular weight excluding hydrogens is 352 g/mol. The van der Waals surface area contributed by atoms with Crippen molar-refractivity contribution in [3.63, 3.8) is 0 Å². The Labute approximate surface area is 180 Å². The van der Waals surface area contributed by atoms with Gasteiger partial charge in [-0.25, -0.2) is 0 Å². The van der Waals surface area contributed by atoms with Crippen LogP contribution in [0.4, 0.5) is 0 Å². The molecule has 9 atom stereocenters. The molecule has 1 N–H and O–H groups in total. The van der Waals surface area contributed by atoms with Gasteiger partial charge in [0.15, 0.2) is 0 Å². The quantitative estimate of drug-likeness (QED) is 0.489. The van der Waals surface area contributed by atoms with Gasteiger partial charge < -0.3 is 5.11 Å². The maximum Gasteiger partial charge on any atom is 0.0724 e. The number of rotatable bonds is 4. The van der Waals surface area contributed by atoms with E-state index in [9.17, 15) is 5.11 Å². The average Bonchev–Trinajstić information content (AvgIpc) is 3.03. The van der Waals surface area contributed by atoms with E-state index in [1.165, 1.54) is 44.9 Å². The van der Waals surface area contributed by atoms with Gasteiger partial charge in [0, 0.05) is 0 Å². The molecule has 29 heavy (non-hydrogen) atoms. The highest BCUT2D eigenvalue weighted by Crippen LogP contribution is 2.67. The first-order valence-electron chi connectivity index (χ1n) is 12.7. The number of aliphatic hydroxyl groups excluding tert-OH is 1. The Morgan fingerprint density at radius 2 is 1.69 bits per heavy atom. The van der Waals surface area contributed by atoms with Crippen molar-refractivity contribution in [3.05, 3.63) is 23.8 Å². The molecule has 0 saturated heterocycles. The van der Waals surface area contributed by atoms with Gasteiger partial charge in [0.25, 0.3) is 0 Å². The smallest absolute Gasteiger partial charge is 0.0724 e. The molecule has 4 aliphatic rings. The molecule has 0 aliphatic heterocycles. The number of hydrogen-bond donors (Lipinski definition) is 1. The summed E-state index contributed by atoms with van der Waals surface area (Å²) >= 11 is 0. The number of aliphatic hydroxyl groups is 1. The number of hydrogen-bond acceptors (Lipinski definition) is 1. The van der Waals surface area contributed by atoms with Crippen LogP contribution in [0.5, 0.6) is 0 Å². The Morgan fingerprint density at radius 3 is 2.41 bits per heavy atom. The summed E-state index contributed by atoms with van der Waals surface area (Å²) in [6.45, 7) is 14.8. The third kappa shape index (κ3) is 3.58. The maximum absolute atomic E-state index is 10.2. The fourth-order valence-electron chi connectivity index (χ4n) is 8.32. The normalized spacial score (nSPS) is 46.8. The molecule has 0 spiro atoms. The van der Waals surface area contributed by atoms with Crippen molar-refractivity contribution in [2.24, 2.45) is 52.3 Å². The van der Waals surface area contributed by atoms with Crippen LogP contribution in [0, 0.1) is 52.3 Å². The van der Waals surface area contributed by atoms with E-state index in [1.54, 1.807) is 5.57 Å². The molecule has 0 radical (unpaired) electrons. The Kier molecular flexibility index (Phi) is 5.86. The van der Waals surface area contributed by atoms with E-state index in [4.69, 9.17) is 0 Å². The van der Waals surface area contributed by atoms with Crippen molar-refractivity contribution in [1.82, 2.24) is 0 Å². The van der Waals surface area contributed by atoms with E-state index in [0.717, 1.165) is 36.0 Å². The lowest BCUT2D eigenvalue weighted by atomic mass is 9.46. The predicted octanol–water partition coefficient (Wildman–Crippen LogP) is 7.41.